The predicted molar refractivity (Wildman–Crippen MR) is 71.1 cm³/mol. The Morgan fingerprint density at radius 1 is 1.42 bits per heavy atom. The number of sulfonamides is 1. The minimum atomic E-state index is -3.44. The van der Waals surface area contributed by atoms with E-state index < -0.39 is 16.0 Å². The van der Waals surface area contributed by atoms with Crippen LogP contribution in [0.1, 0.15) is 24.2 Å². The molecule has 0 saturated carbocycles. The lowest BCUT2D eigenvalue weighted by Gasteiger charge is -2.16. The highest BCUT2D eigenvalue weighted by atomic mass is 32.2. The number of carbonyl (C=O) groups is 1. The summed E-state index contributed by atoms with van der Waals surface area (Å²) in [5.74, 6) is -1.15. The molecule has 0 aliphatic heterocycles. The van der Waals surface area contributed by atoms with Gasteiger partial charge in [0, 0.05) is 19.2 Å². The van der Waals surface area contributed by atoms with Gasteiger partial charge in [-0.05, 0) is 25.5 Å². The molecule has 0 bridgehead atoms. The maximum Gasteiger partial charge on any atom is 0.303 e. The first kappa shape index (κ1) is 15.6. The molecule has 7 heteroatoms. The number of nitrogens with zero attached hydrogens (tertiary/aromatic N) is 2. The SMILES string of the molecule is Cc1cccc(CN(C)S(=O)(=O)CCCC(=O)O)n1. The van der Waals surface area contributed by atoms with Crippen LogP contribution < -0.4 is 0 Å². The van der Waals surface area contributed by atoms with Gasteiger partial charge < -0.3 is 5.11 Å². The summed E-state index contributed by atoms with van der Waals surface area (Å²) in [6.45, 7) is 2.03. The van der Waals surface area contributed by atoms with Crippen molar-refractivity contribution in [3.8, 4) is 0 Å². The van der Waals surface area contributed by atoms with E-state index in [9.17, 15) is 13.2 Å². The lowest BCUT2D eigenvalue weighted by molar-refractivity contribution is -0.137. The summed E-state index contributed by atoms with van der Waals surface area (Å²) in [6, 6.07) is 5.42. The molecule has 1 rings (SSSR count). The van der Waals surface area contributed by atoms with Crippen molar-refractivity contribution in [2.75, 3.05) is 12.8 Å². The number of rotatable bonds is 7. The van der Waals surface area contributed by atoms with E-state index in [1.54, 1.807) is 6.07 Å². The fourth-order valence-corrected chi connectivity index (χ4v) is 2.73. The smallest absolute Gasteiger partial charge is 0.303 e. The molecule has 0 aliphatic rings. The van der Waals surface area contributed by atoms with Crippen LogP contribution >= 0.6 is 0 Å². The second kappa shape index (κ2) is 6.63. The second-order valence-corrected chi connectivity index (χ2v) is 6.54. The van der Waals surface area contributed by atoms with Crippen molar-refractivity contribution in [2.24, 2.45) is 0 Å². The van der Waals surface area contributed by atoms with Gasteiger partial charge in [0.05, 0.1) is 18.0 Å². The van der Waals surface area contributed by atoms with Gasteiger partial charge in [0.1, 0.15) is 0 Å². The van der Waals surface area contributed by atoms with Crippen molar-refractivity contribution in [2.45, 2.75) is 26.3 Å². The maximum absolute atomic E-state index is 11.9. The van der Waals surface area contributed by atoms with E-state index in [4.69, 9.17) is 5.11 Å². The first-order chi connectivity index (χ1) is 8.81. The first-order valence-electron chi connectivity index (χ1n) is 5.89. The van der Waals surface area contributed by atoms with Crippen molar-refractivity contribution in [1.82, 2.24) is 9.29 Å². The quantitative estimate of drug-likeness (QED) is 0.808. The molecule has 0 spiro atoms. The highest BCUT2D eigenvalue weighted by Gasteiger charge is 2.18. The maximum atomic E-state index is 11.9. The zero-order valence-electron chi connectivity index (χ0n) is 11.0. The van der Waals surface area contributed by atoms with Crippen LogP contribution in [0.25, 0.3) is 0 Å². The van der Waals surface area contributed by atoms with Crippen LogP contribution in [0.15, 0.2) is 18.2 Å². The molecule has 1 heterocycles. The summed E-state index contributed by atoms with van der Waals surface area (Å²) in [5, 5.41) is 8.50. The standard InChI is InChI=1S/C12H18N2O4S/c1-10-5-3-6-11(13-10)9-14(2)19(17,18)8-4-7-12(15)16/h3,5-6H,4,7-9H2,1-2H3,(H,15,16). The third-order valence-electron chi connectivity index (χ3n) is 2.60. The van der Waals surface area contributed by atoms with Gasteiger partial charge in [-0.25, -0.2) is 8.42 Å². The molecule has 1 aromatic heterocycles. The Bertz CT molecular complexity index is 542. The number of hydrogen-bond acceptors (Lipinski definition) is 4. The van der Waals surface area contributed by atoms with Crippen LogP contribution in [0.2, 0.25) is 0 Å². The van der Waals surface area contributed by atoms with E-state index in [1.165, 1.54) is 11.4 Å². The van der Waals surface area contributed by atoms with Crippen molar-refractivity contribution in [3.05, 3.63) is 29.6 Å². The van der Waals surface area contributed by atoms with E-state index in [0.29, 0.717) is 5.69 Å². The number of pyridine rings is 1. The zero-order chi connectivity index (χ0) is 14.5. The Hall–Kier alpha value is -1.47. The average molecular weight is 286 g/mol. The summed E-state index contributed by atoms with van der Waals surface area (Å²) in [6.07, 6.45) is -0.0288. The lowest BCUT2D eigenvalue weighted by atomic mass is 10.3. The topological polar surface area (TPSA) is 87.6 Å². The van der Waals surface area contributed by atoms with Crippen molar-refractivity contribution < 1.29 is 18.3 Å². The van der Waals surface area contributed by atoms with E-state index in [-0.39, 0.29) is 25.1 Å². The first-order valence-corrected chi connectivity index (χ1v) is 7.50. The molecule has 0 aliphatic carbocycles. The lowest BCUT2D eigenvalue weighted by Crippen LogP contribution is -2.29. The third-order valence-corrected chi connectivity index (χ3v) is 4.48. The Labute approximate surface area is 113 Å². The minimum absolute atomic E-state index is 0.114. The molecule has 19 heavy (non-hydrogen) atoms. The van der Waals surface area contributed by atoms with Crippen molar-refractivity contribution in [1.29, 1.82) is 0 Å². The third kappa shape index (κ3) is 5.35. The van der Waals surface area contributed by atoms with Crippen LogP contribution in [0.5, 0.6) is 0 Å². The van der Waals surface area contributed by atoms with Gasteiger partial charge in [-0.2, -0.15) is 4.31 Å². The summed E-state index contributed by atoms with van der Waals surface area (Å²) in [7, 11) is -1.96. The molecule has 0 saturated heterocycles. The number of carboxylic acid groups (broad SMARTS) is 1. The van der Waals surface area contributed by atoms with Gasteiger partial charge in [-0.3, -0.25) is 9.78 Å². The normalized spacial score (nSPS) is 11.7. The molecule has 1 aromatic rings. The molecule has 0 fully saturated rings. The van der Waals surface area contributed by atoms with E-state index in [1.807, 2.05) is 19.1 Å². The van der Waals surface area contributed by atoms with Gasteiger partial charge in [0.15, 0.2) is 0 Å². The molecular formula is C12H18N2O4S. The molecular weight excluding hydrogens is 268 g/mol. The molecule has 6 nitrogen and oxygen atoms in total. The van der Waals surface area contributed by atoms with Crippen LogP contribution in [0, 0.1) is 6.92 Å². The summed E-state index contributed by atoms with van der Waals surface area (Å²) >= 11 is 0. The van der Waals surface area contributed by atoms with Gasteiger partial charge in [0.25, 0.3) is 0 Å². The molecule has 0 radical (unpaired) electrons. The number of aliphatic carboxylic acids is 1. The van der Waals surface area contributed by atoms with Crippen molar-refractivity contribution in [3.63, 3.8) is 0 Å². The predicted octanol–water partition coefficient (Wildman–Crippen LogP) is 1.02. The van der Waals surface area contributed by atoms with Crippen LogP contribution in [-0.2, 0) is 21.4 Å². The molecule has 0 atom stereocenters. The fraction of sp³-hybridized carbons (Fsp3) is 0.500. The summed E-state index contributed by atoms with van der Waals surface area (Å²) in [4.78, 5) is 14.6. The molecule has 1 N–H and O–H groups in total. The van der Waals surface area contributed by atoms with Gasteiger partial charge in [-0.15, -0.1) is 0 Å². The number of carboxylic acids is 1. The van der Waals surface area contributed by atoms with Crippen molar-refractivity contribution >= 4 is 16.0 Å². The van der Waals surface area contributed by atoms with E-state index >= 15 is 0 Å². The molecule has 0 aromatic carbocycles. The average Bonchev–Trinajstić information content (AvgIpc) is 2.28. The van der Waals surface area contributed by atoms with Gasteiger partial charge >= 0.3 is 5.97 Å². The molecule has 106 valence electrons. The largest absolute Gasteiger partial charge is 0.481 e. The second-order valence-electron chi connectivity index (χ2n) is 4.34. The van der Waals surface area contributed by atoms with Gasteiger partial charge in [-0.1, -0.05) is 6.07 Å². The number of hydrogen-bond donors (Lipinski definition) is 1. The van der Waals surface area contributed by atoms with Crippen LogP contribution in [0.4, 0.5) is 0 Å². The fourth-order valence-electron chi connectivity index (χ4n) is 1.58. The molecule has 0 unspecified atom stereocenters. The van der Waals surface area contributed by atoms with E-state index in [0.717, 1.165) is 5.69 Å². The van der Waals surface area contributed by atoms with Crippen LogP contribution in [0.3, 0.4) is 0 Å². The van der Waals surface area contributed by atoms with E-state index in [2.05, 4.69) is 4.98 Å². The Kier molecular flexibility index (Phi) is 5.44. The molecule has 0 amide bonds. The Balaban J connectivity index is 2.61. The van der Waals surface area contributed by atoms with Crippen LogP contribution in [-0.4, -0.2) is 41.6 Å². The highest BCUT2D eigenvalue weighted by Crippen LogP contribution is 2.08. The number of aromatic nitrogens is 1. The zero-order valence-corrected chi connectivity index (χ0v) is 11.9. The Morgan fingerprint density at radius 2 is 2.11 bits per heavy atom. The Morgan fingerprint density at radius 3 is 2.68 bits per heavy atom. The summed E-state index contributed by atoms with van der Waals surface area (Å²) in [5.41, 5.74) is 1.50. The van der Waals surface area contributed by atoms with Gasteiger partial charge in [0.2, 0.25) is 10.0 Å². The minimum Gasteiger partial charge on any atom is -0.481 e. The highest BCUT2D eigenvalue weighted by molar-refractivity contribution is 7.89. The number of aryl methyl sites for hydroxylation is 1. The summed E-state index contributed by atoms with van der Waals surface area (Å²) < 4.78 is 25.0. The monoisotopic (exact) mass is 286 g/mol.